The van der Waals surface area contributed by atoms with Gasteiger partial charge in [-0.2, -0.15) is 0 Å². The average Bonchev–Trinajstić information content (AvgIpc) is 2.41. The molecule has 0 aromatic heterocycles. The van der Waals surface area contributed by atoms with Gasteiger partial charge in [0.25, 0.3) is 0 Å². The SMILES string of the molecule is CN1CCCCC1CCOc1cccc(Cl)c1CO. The maximum atomic E-state index is 9.32. The molecule has 1 atom stereocenters. The van der Waals surface area contributed by atoms with E-state index in [1.807, 2.05) is 12.1 Å². The van der Waals surface area contributed by atoms with Crippen LogP contribution in [0.3, 0.4) is 0 Å². The van der Waals surface area contributed by atoms with E-state index in [0.29, 0.717) is 29.0 Å². The zero-order valence-corrected chi connectivity index (χ0v) is 12.2. The van der Waals surface area contributed by atoms with Gasteiger partial charge in [-0.25, -0.2) is 0 Å². The molecule has 2 rings (SSSR count). The molecule has 106 valence electrons. The van der Waals surface area contributed by atoms with Gasteiger partial charge in [0.1, 0.15) is 5.75 Å². The van der Waals surface area contributed by atoms with E-state index in [0.717, 1.165) is 6.42 Å². The van der Waals surface area contributed by atoms with E-state index in [1.54, 1.807) is 6.07 Å². The third-order valence-electron chi connectivity index (χ3n) is 3.86. The van der Waals surface area contributed by atoms with Crippen molar-refractivity contribution in [1.82, 2.24) is 4.90 Å². The fourth-order valence-electron chi connectivity index (χ4n) is 2.64. The summed E-state index contributed by atoms with van der Waals surface area (Å²) < 4.78 is 5.79. The molecule has 1 fully saturated rings. The van der Waals surface area contributed by atoms with Crippen molar-refractivity contribution in [1.29, 1.82) is 0 Å². The summed E-state index contributed by atoms with van der Waals surface area (Å²) in [5.41, 5.74) is 0.682. The number of likely N-dealkylation sites (tertiary alicyclic amines) is 1. The first kappa shape index (κ1) is 14.6. The smallest absolute Gasteiger partial charge is 0.126 e. The predicted molar refractivity (Wildman–Crippen MR) is 77.8 cm³/mol. The van der Waals surface area contributed by atoms with Gasteiger partial charge in [-0.05, 0) is 45.0 Å². The molecule has 1 heterocycles. The van der Waals surface area contributed by atoms with Crippen LogP contribution in [0.4, 0.5) is 0 Å². The Morgan fingerprint density at radius 1 is 1.42 bits per heavy atom. The molecule has 1 aromatic rings. The number of aliphatic hydroxyl groups excluding tert-OH is 1. The number of nitrogens with zero attached hydrogens (tertiary/aromatic N) is 1. The second-order valence-corrected chi connectivity index (χ2v) is 5.55. The van der Waals surface area contributed by atoms with Crippen molar-refractivity contribution in [3.05, 3.63) is 28.8 Å². The Morgan fingerprint density at radius 3 is 3.00 bits per heavy atom. The molecule has 1 aromatic carbocycles. The zero-order chi connectivity index (χ0) is 13.7. The van der Waals surface area contributed by atoms with Crippen molar-refractivity contribution in [2.75, 3.05) is 20.2 Å². The second-order valence-electron chi connectivity index (χ2n) is 5.14. The lowest BCUT2D eigenvalue weighted by Crippen LogP contribution is -2.37. The molecule has 1 aliphatic rings. The summed E-state index contributed by atoms with van der Waals surface area (Å²) >= 11 is 6.03. The Hall–Kier alpha value is -0.770. The van der Waals surface area contributed by atoms with Gasteiger partial charge in [0.15, 0.2) is 0 Å². The monoisotopic (exact) mass is 283 g/mol. The van der Waals surface area contributed by atoms with Crippen LogP contribution in [-0.2, 0) is 6.61 Å². The van der Waals surface area contributed by atoms with E-state index in [9.17, 15) is 5.11 Å². The highest BCUT2D eigenvalue weighted by atomic mass is 35.5. The Balaban J connectivity index is 1.87. The molecule has 0 radical (unpaired) electrons. The average molecular weight is 284 g/mol. The van der Waals surface area contributed by atoms with E-state index in [4.69, 9.17) is 16.3 Å². The minimum absolute atomic E-state index is 0.0850. The first-order valence-corrected chi connectivity index (χ1v) is 7.31. The van der Waals surface area contributed by atoms with Crippen molar-refractivity contribution in [3.8, 4) is 5.75 Å². The number of rotatable bonds is 5. The van der Waals surface area contributed by atoms with Crippen molar-refractivity contribution >= 4 is 11.6 Å². The summed E-state index contributed by atoms with van der Waals surface area (Å²) in [7, 11) is 2.18. The molecule has 0 bridgehead atoms. The van der Waals surface area contributed by atoms with E-state index >= 15 is 0 Å². The molecule has 4 heteroatoms. The molecule has 1 saturated heterocycles. The highest BCUT2D eigenvalue weighted by molar-refractivity contribution is 6.31. The van der Waals surface area contributed by atoms with Crippen molar-refractivity contribution in [2.24, 2.45) is 0 Å². The van der Waals surface area contributed by atoms with E-state index in [1.165, 1.54) is 25.8 Å². The highest BCUT2D eigenvalue weighted by Crippen LogP contribution is 2.27. The first-order chi connectivity index (χ1) is 9.22. The number of piperidine rings is 1. The van der Waals surface area contributed by atoms with Gasteiger partial charge in [0.05, 0.1) is 13.2 Å². The van der Waals surface area contributed by atoms with Crippen LogP contribution < -0.4 is 4.74 Å². The third-order valence-corrected chi connectivity index (χ3v) is 4.22. The van der Waals surface area contributed by atoms with Gasteiger partial charge in [-0.1, -0.05) is 24.1 Å². The topological polar surface area (TPSA) is 32.7 Å². The number of benzene rings is 1. The number of aliphatic hydroxyl groups is 1. The largest absolute Gasteiger partial charge is 0.493 e. The fraction of sp³-hybridized carbons (Fsp3) is 0.600. The van der Waals surface area contributed by atoms with E-state index in [-0.39, 0.29) is 6.61 Å². The van der Waals surface area contributed by atoms with Gasteiger partial charge in [0.2, 0.25) is 0 Å². The summed E-state index contributed by atoms with van der Waals surface area (Å²) in [6, 6.07) is 6.10. The quantitative estimate of drug-likeness (QED) is 0.901. The van der Waals surface area contributed by atoms with Crippen LogP contribution in [0, 0.1) is 0 Å². The highest BCUT2D eigenvalue weighted by Gasteiger charge is 2.18. The maximum absolute atomic E-state index is 9.32. The lowest BCUT2D eigenvalue weighted by Gasteiger charge is -2.32. The standard InChI is InChI=1S/C15H22ClNO2/c1-17-9-3-2-5-12(17)8-10-19-15-7-4-6-14(16)13(15)11-18/h4,6-7,12,18H,2-3,5,8-11H2,1H3. The summed E-state index contributed by atoms with van der Waals surface area (Å²) in [5, 5.41) is 9.88. The number of hydrogen-bond donors (Lipinski definition) is 1. The van der Waals surface area contributed by atoms with Gasteiger partial charge in [-0.15, -0.1) is 0 Å². The van der Waals surface area contributed by atoms with E-state index in [2.05, 4.69) is 11.9 Å². The Morgan fingerprint density at radius 2 is 2.26 bits per heavy atom. The van der Waals surface area contributed by atoms with Gasteiger partial charge in [0, 0.05) is 16.6 Å². The molecule has 0 saturated carbocycles. The van der Waals surface area contributed by atoms with Crippen LogP contribution in [0.15, 0.2) is 18.2 Å². The lowest BCUT2D eigenvalue weighted by atomic mass is 10.0. The molecule has 0 aliphatic carbocycles. The normalized spacial score (nSPS) is 20.5. The molecule has 1 unspecified atom stereocenters. The summed E-state index contributed by atoms with van der Waals surface area (Å²) in [5.74, 6) is 0.702. The Labute approximate surface area is 120 Å². The third kappa shape index (κ3) is 3.85. The fourth-order valence-corrected chi connectivity index (χ4v) is 2.87. The minimum Gasteiger partial charge on any atom is -0.493 e. The molecular formula is C15H22ClNO2. The molecule has 1 aliphatic heterocycles. The second kappa shape index (κ2) is 7.13. The van der Waals surface area contributed by atoms with Crippen LogP contribution in [-0.4, -0.2) is 36.2 Å². The summed E-state index contributed by atoms with van der Waals surface area (Å²) in [4.78, 5) is 2.41. The van der Waals surface area contributed by atoms with Crippen LogP contribution in [0.25, 0.3) is 0 Å². The minimum atomic E-state index is -0.0850. The van der Waals surface area contributed by atoms with Crippen molar-refractivity contribution < 1.29 is 9.84 Å². The number of ether oxygens (including phenoxy) is 1. The van der Waals surface area contributed by atoms with Crippen LogP contribution in [0.1, 0.15) is 31.2 Å². The molecule has 1 N–H and O–H groups in total. The van der Waals surface area contributed by atoms with E-state index < -0.39 is 0 Å². The summed E-state index contributed by atoms with van der Waals surface area (Å²) in [6.07, 6.45) is 4.89. The maximum Gasteiger partial charge on any atom is 0.126 e. The van der Waals surface area contributed by atoms with Gasteiger partial charge in [-0.3, -0.25) is 0 Å². The number of hydrogen-bond acceptors (Lipinski definition) is 3. The predicted octanol–water partition coefficient (Wildman–Crippen LogP) is 3.09. The van der Waals surface area contributed by atoms with Crippen LogP contribution in [0.2, 0.25) is 5.02 Å². The number of halogens is 1. The molecule has 0 amide bonds. The zero-order valence-electron chi connectivity index (χ0n) is 11.4. The van der Waals surface area contributed by atoms with Gasteiger partial charge < -0.3 is 14.7 Å². The first-order valence-electron chi connectivity index (χ1n) is 6.93. The van der Waals surface area contributed by atoms with Crippen LogP contribution >= 0.6 is 11.6 Å². The van der Waals surface area contributed by atoms with Crippen LogP contribution in [0.5, 0.6) is 5.75 Å². The van der Waals surface area contributed by atoms with Crippen molar-refractivity contribution in [3.63, 3.8) is 0 Å². The molecule has 0 spiro atoms. The molecule has 3 nitrogen and oxygen atoms in total. The summed E-state index contributed by atoms with van der Waals surface area (Å²) in [6.45, 7) is 1.77. The van der Waals surface area contributed by atoms with Gasteiger partial charge >= 0.3 is 0 Å². The molecular weight excluding hydrogens is 262 g/mol. The molecule has 19 heavy (non-hydrogen) atoms. The Kier molecular flexibility index (Phi) is 5.49. The lowest BCUT2D eigenvalue weighted by molar-refractivity contribution is 0.152. The van der Waals surface area contributed by atoms with Crippen molar-refractivity contribution in [2.45, 2.75) is 38.3 Å². The Bertz CT molecular complexity index is 411.